The lowest BCUT2D eigenvalue weighted by Gasteiger charge is -2.27. The number of carbonyl (C=O) groups excluding carboxylic acids is 2. The van der Waals surface area contributed by atoms with E-state index in [0.29, 0.717) is 36.7 Å². The van der Waals surface area contributed by atoms with Crippen LogP contribution in [0.1, 0.15) is 53.4 Å². The molecule has 2 amide bonds. The maximum absolute atomic E-state index is 12.8. The van der Waals surface area contributed by atoms with Crippen molar-refractivity contribution in [2.75, 3.05) is 18.5 Å². The quantitative estimate of drug-likeness (QED) is 0.508. The summed E-state index contributed by atoms with van der Waals surface area (Å²) in [5.74, 6) is 0.652. The molecule has 0 saturated heterocycles. The first-order chi connectivity index (χ1) is 16.9. The van der Waals surface area contributed by atoms with Gasteiger partial charge in [-0.2, -0.15) is 5.26 Å². The third-order valence-corrected chi connectivity index (χ3v) is 7.22. The summed E-state index contributed by atoms with van der Waals surface area (Å²) in [6, 6.07) is 10.0. The number of hydrogen-bond acceptors (Lipinski definition) is 6. The number of imidazole rings is 1. The molecule has 35 heavy (non-hydrogen) atoms. The molecule has 1 aliphatic rings. The summed E-state index contributed by atoms with van der Waals surface area (Å²) in [6.45, 7) is 7.64. The van der Waals surface area contributed by atoms with Crippen molar-refractivity contribution < 1.29 is 14.3 Å². The Bertz CT molecular complexity index is 1270. The number of ether oxygens (including phenoxy) is 1. The van der Waals surface area contributed by atoms with Gasteiger partial charge in [0.15, 0.2) is 0 Å². The number of aromatic nitrogens is 2. The summed E-state index contributed by atoms with van der Waals surface area (Å²) in [5, 5.41) is 13.3. The molecule has 0 radical (unpaired) electrons. The maximum atomic E-state index is 12.8. The minimum Gasteiger partial charge on any atom is -0.494 e. The maximum Gasteiger partial charge on any atom is 0.242 e. The number of nitrogens with zero attached hydrogens (tertiary/aromatic N) is 4. The smallest absolute Gasteiger partial charge is 0.242 e. The normalized spacial score (nSPS) is 13.6. The van der Waals surface area contributed by atoms with Gasteiger partial charge < -0.3 is 19.5 Å². The van der Waals surface area contributed by atoms with Crippen molar-refractivity contribution >= 4 is 28.2 Å². The van der Waals surface area contributed by atoms with Crippen LogP contribution in [-0.2, 0) is 29.1 Å². The molecule has 8 nitrogen and oxygen atoms in total. The van der Waals surface area contributed by atoms with Gasteiger partial charge in [-0.25, -0.2) is 4.98 Å². The van der Waals surface area contributed by atoms with E-state index < -0.39 is 0 Å². The number of hydrogen-bond donors (Lipinski definition) is 1. The number of rotatable bonds is 8. The Morgan fingerprint density at radius 3 is 2.91 bits per heavy atom. The highest BCUT2D eigenvalue weighted by Crippen LogP contribution is 2.37. The lowest BCUT2D eigenvalue weighted by Crippen LogP contribution is -2.37. The number of fused-ring (bicyclic) bond motifs is 1. The first-order valence-corrected chi connectivity index (χ1v) is 12.5. The number of carbonyl (C=O) groups is 2. The van der Waals surface area contributed by atoms with Gasteiger partial charge >= 0.3 is 0 Å². The number of amides is 2. The largest absolute Gasteiger partial charge is 0.494 e. The Balaban J connectivity index is 1.41. The van der Waals surface area contributed by atoms with Gasteiger partial charge in [0.25, 0.3) is 0 Å². The average molecular weight is 492 g/mol. The third kappa shape index (κ3) is 5.72. The molecule has 1 unspecified atom stereocenters. The average Bonchev–Trinajstić information content (AvgIpc) is 3.40. The lowest BCUT2D eigenvalue weighted by atomic mass is 9.97. The van der Waals surface area contributed by atoms with Crippen LogP contribution in [0.4, 0.5) is 5.00 Å². The zero-order chi connectivity index (χ0) is 24.9. The van der Waals surface area contributed by atoms with Gasteiger partial charge in [-0.1, -0.05) is 19.1 Å². The highest BCUT2D eigenvalue weighted by Gasteiger charge is 2.28. The van der Waals surface area contributed by atoms with E-state index in [9.17, 15) is 14.9 Å². The molecule has 0 spiro atoms. The molecule has 1 atom stereocenters. The van der Waals surface area contributed by atoms with Crippen molar-refractivity contribution in [2.24, 2.45) is 0 Å². The number of aryl methyl sites for hydroxylation is 1. The SMILES string of the molecule is CCOc1cccc(C(C)CC(=O)Nc2sc3c(c2C#N)CCN(C(=O)Cn2cnc(C)c2)C3)c1. The fraction of sp³-hybridized carbons (Fsp3) is 0.385. The standard InChI is InChI=1S/C26H29N5O3S/c1-4-34-20-7-5-6-19(11-20)17(2)10-24(32)29-26-22(12-27)21-8-9-31(14-23(21)35-26)25(33)15-30-13-18(3)28-16-30/h5-7,11,13,16-17H,4,8-10,14-15H2,1-3H3,(H,29,32). The molecule has 0 fully saturated rings. The van der Waals surface area contributed by atoms with E-state index in [-0.39, 0.29) is 30.7 Å². The number of nitriles is 1. The summed E-state index contributed by atoms with van der Waals surface area (Å²) in [4.78, 5) is 32.6. The molecule has 2 aromatic heterocycles. The van der Waals surface area contributed by atoms with Crippen LogP contribution in [0.5, 0.6) is 5.75 Å². The van der Waals surface area contributed by atoms with E-state index in [1.54, 1.807) is 15.8 Å². The van der Waals surface area contributed by atoms with Gasteiger partial charge in [-0.05, 0) is 49.4 Å². The van der Waals surface area contributed by atoms with Gasteiger partial charge in [-0.15, -0.1) is 11.3 Å². The van der Waals surface area contributed by atoms with Gasteiger partial charge in [0.1, 0.15) is 23.4 Å². The molecule has 0 bridgehead atoms. The van der Waals surface area contributed by atoms with Gasteiger partial charge in [-0.3, -0.25) is 9.59 Å². The topological polar surface area (TPSA) is 100 Å². The Morgan fingerprint density at radius 1 is 1.37 bits per heavy atom. The Labute approximate surface area is 209 Å². The number of thiophene rings is 1. The molecule has 3 aromatic rings. The predicted octanol–water partition coefficient (Wildman–Crippen LogP) is 4.24. The molecule has 1 aliphatic heterocycles. The van der Waals surface area contributed by atoms with Crippen LogP contribution in [0.15, 0.2) is 36.8 Å². The summed E-state index contributed by atoms with van der Waals surface area (Å²) in [6.07, 6.45) is 4.38. The summed E-state index contributed by atoms with van der Waals surface area (Å²) >= 11 is 1.39. The van der Waals surface area contributed by atoms with E-state index in [1.807, 2.05) is 51.2 Å². The summed E-state index contributed by atoms with van der Waals surface area (Å²) in [7, 11) is 0. The molecule has 0 aliphatic carbocycles. The van der Waals surface area contributed by atoms with Crippen molar-refractivity contribution in [3.05, 3.63) is 64.1 Å². The monoisotopic (exact) mass is 491 g/mol. The van der Waals surface area contributed by atoms with Crippen molar-refractivity contribution in [3.63, 3.8) is 0 Å². The second-order valence-electron chi connectivity index (χ2n) is 8.73. The number of anilines is 1. The molecule has 4 rings (SSSR count). The molecular formula is C26H29N5O3S. The number of benzene rings is 1. The first-order valence-electron chi connectivity index (χ1n) is 11.7. The van der Waals surface area contributed by atoms with Crippen LogP contribution in [0.3, 0.4) is 0 Å². The van der Waals surface area contributed by atoms with E-state index in [4.69, 9.17) is 4.74 Å². The Hall–Kier alpha value is -3.64. The van der Waals surface area contributed by atoms with Gasteiger partial charge in [0.2, 0.25) is 11.8 Å². The fourth-order valence-corrected chi connectivity index (χ4v) is 5.52. The molecular weight excluding hydrogens is 462 g/mol. The molecule has 1 N–H and O–H groups in total. The molecule has 9 heteroatoms. The molecule has 0 saturated carbocycles. The highest BCUT2D eigenvalue weighted by atomic mass is 32.1. The van der Waals surface area contributed by atoms with Crippen LogP contribution < -0.4 is 10.1 Å². The lowest BCUT2D eigenvalue weighted by molar-refractivity contribution is -0.132. The highest BCUT2D eigenvalue weighted by molar-refractivity contribution is 7.16. The van der Waals surface area contributed by atoms with Crippen molar-refractivity contribution in [1.29, 1.82) is 5.26 Å². The molecule has 182 valence electrons. The minimum atomic E-state index is -0.141. The fourth-order valence-electron chi connectivity index (χ4n) is 4.29. The zero-order valence-corrected chi connectivity index (χ0v) is 21.0. The van der Waals surface area contributed by atoms with Gasteiger partial charge in [0, 0.05) is 24.0 Å². The van der Waals surface area contributed by atoms with E-state index in [1.165, 1.54) is 11.3 Å². The van der Waals surface area contributed by atoms with E-state index in [0.717, 1.165) is 27.4 Å². The zero-order valence-electron chi connectivity index (χ0n) is 20.2. The van der Waals surface area contributed by atoms with Crippen molar-refractivity contribution in [3.8, 4) is 11.8 Å². The Morgan fingerprint density at radius 2 is 2.20 bits per heavy atom. The molecule has 1 aromatic carbocycles. The molecule has 3 heterocycles. The van der Waals surface area contributed by atoms with Crippen LogP contribution >= 0.6 is 11.3 Å². The van der Waals surface area contributed by atoms with Gasteiger partial charge in [0.05, 0.1) is 30.7 Å². The van der Waals surface area contributed by atoms with E-state index in [2.05, 4.69) is 16.4 Å². The van der Waals surface area contributed by atoms with Crippen LogP contribution in [0, 0.1) is 18.3 Å². The van der Waals surface area contributed by atoms with Crippen LogP contribution in [0.2, 0.25) is 0 Å². The Kier molecular flexibility index (Phi) is 7.51. The van der Waals surface area contributed by atoms with Crippen molar-refractivity contribution in [2.45, 2.75) is 52.6 Å². The minimum absolute atomic E-state index is 0.00421. The summed E-state index contributed by atoms with van der Waals surface area (Å²) < 4.78 is 7.34. The van der Waals surface area contributed by atoms with Crippen molar-refractivity contribution in [1.82, 2.24) is 14.5 Å². The third-order valence-electron chi connectivity index (χ3n) is 6.08. The predicted molar refractivity (Wildman–Crippen MR) is 134 cm³/mol. The van der Waals surface area contributed by atoms with Crippen LogP contribution in [0.25, 0.3) is 0 Å². The van der Waals surface area contributed by atoms with E-state index >= 15 is 0 Å². The summed E-state index contributed by atoms with van der Waals surface area (Å²) in [5.41, 5.74) is 3.35. The second kappa shape index (κ2) is 10.7. The van der Waals surface area contributed by atoms with Crippen LogP contribution in [-0.4, -0.2) is 39.4 Å². The second-order valence-corrected chi connectivity index (χ2v) is 9.84. The first kappa shape index (κ1) is 24.5. The number of nitrogens with one attached hydrogen (secondary N) is 1.